The van der Waals surface area contributed by atoms with E-state index in [9.17, 15) is 4.79 Å². The van der Waals surface area contributed by atoms with Gasteiger partial charge in [0, 0.05) is 24.2 Å². The van der Waals surface area contributed by atoms with Crippen molar-refractivity contribution in [3.63, 3.8) is 0 Å². The summed E-state index contributed by atoms with van der Waals surface area (Å²) in [4.78, 5) is 16.4. The summed E-state index contributed by atoms with van der Waals surface area (Å²) >= 11 is 6.15. The van der Waals surface area contributed by atoms with Crippen molar-refractivity contribution in [3.8, 4) is 5.75 Å². The third-order valence-electron chi connectivity index (χ3n) is 4.21. The molecule has 1 saturated heterocycles. The summed E-state index contributed by atoms with van der Waals surface area (Å²) in [6, 6.07) is 7.36. The van der Waals surface area contributed by atoms with E-state index in [-0.39, 0.29) is 43.4 Å². The van der Waals surface area contributed by atoms with E-state index < -0.39 is 0 Å². The molecule has 0 spiro atoms. The lowest BCUT2D eigenvalue weighted by molar-refractivity contribution is -0.124. The molecule has 1 fully saturated rings. The van der Waals surface area contributed by atoms with Gasteiger partial charge in [0.05, 0.1) is 5.02 Å². The Hall–Kier alpha value is -1.27. The monoisotopic (exact) mass is 405 g/mol. The molecule has 5 nitrogen and oxygen atoms in total. The number of nitrogens with one attached hydrogen (secondary N) is 2. The van der Waals surface area contributed by atoms with E-state index in [4.69, 9.17) is 16.3 Å². The molecule has 2 heterocycles. The minimum Gasteiger partial charge on any atom is -0.481 e. The van der Waals surface area contributed by atoms with E-state index in [1.54, 1.807) is 18.3 Å². The number of hydrogen-bond acceptors (Lipinski definition) is 4. The van der Waals surface area contributed by atoms with Crippen LogP contribution in [0.2, 0.25) is 5.02 Å². The van der Waals surface area contributed by atoms with Gasteiger partial charge in [-0.15, -0.1) is 24.8 Å². The van der Waals surface area contributed by atoms with Crippen LogP contribution < -0.4 is 15.4 Å². The standard InChI is InChI=1S/C17H20ClN3O2.2ClH/c1-11-6-8-19-9-14(11)21-16(22)10-23-15-5-4-13(18)12-3-2-7-20-17(12)15;;/h2-5,7,11,14,19H,6,8-10H2,1H3,(H,21,22);2*1H. The zero-order valence-electron chi connectivity index (χ0n) is 13.8. The molecule has 25 heavy (non-hydrogen) atoms. The van der Waals surface area contributed by atoms with E-state index in [0.717, 1.165) is 24.9 Å². The predicted molar refractivity (Wildman–Crippen MR) is 105 cm³/mol. The lowest BCUT2D eigenvalue weighted by Crippen LogP contribution is -2.51. The van der Waals surface area contributed by atoms with E-state index in [1.165, 1.54) is 0 Å². The molecule has 2 unspecified atom stereocenters. The second-order valence-electron chi connectivity index (χ2n) is 5.88. The molecule has 1 aliphatic heterocycles. The lowest BCUT2D eigenvalue weighted by Gasteiger charge is -2.30. The average Bonchev–Trinajstić information content (AvgIpc) is 2.57. The highest BCUT2D eigenvalue weighted by molar-refractivity contribution is 6.35. The van der Waals surface area contributed by atoms with Crippen molar-refractivity contribution >= 4 is 53.2 Å². The minimum absolute atomic E-state index is 0. The number of fused-ring (bicyclic) bond motifs is 1. The molecule has 1 aromatic heterocycles. The average molecular weight is 407 g/mol. The number of benzene rings is 1. The number of pyridine rings is 1. The molecular formula is C17H22Cl3N3O2. The van der Waals surface area contributed by atoms with Crippen LogP contribution in [-0.4, -0.2) is 36.6 Å². The molecule has 0 bridgehead atoms. The number of halogens is 3. The van der Waals surface area contributed by atoms with E-state index >= 15 is 0 Å². The maximum Gasteiger partial charge on any atom is 0.258 e. The van der Waals surface area contributed by atoms with Crippen LogP contribution in [0.25, 0.3) is 10.9 Å². The number of piperidine rings is 1. The van der Waals surface area contributed by atoms with E-state index in [0.29, 0.717) is 22.2 Å². The van der Waals surface area contributed by atoms with Crippen LogP contribution in [0.5, 0.6) is 5.75 Å². The Labute approximate surface area is 164 Å². The Morgan fingerprint density at radius 2 is 2.20 bits per heavy atom. The molecule has 0 aliphatic carbocycles. The summed E-state index contributed by atoms with van der Waals surface area (Å²) in [5.41, 5.74) is 0.667. The summed E-state index contributed by atoms with van der Waals surface area (Å²) in [7, 11) is 0. The van der Waals surface area contributed by atoms with E-state index in [1.807, 2.05) is 12.1 Å². The first-order valence-corrected chi connectivity index (χ1v) is 8.19. The smallest absolute Gasteiger partial charge is 0.258 e. The number of nitrogens with zero attached hydrogens (tertiary/aromatic N) is 1. The van der Waals surface area contributed by atoms with Crippen molar-refractivity contribution in [2.24, 2.45) is 5.92 Å². The molecule has 2 aromatic rings. The van der Waals surface area contributed by atoms with Gasteiger partial charge in [0.2, 0.25) is 0 Å². The topological polar surface area (TPSA) is 63.2 Å². The molecule has 3 rings (SSSR count). The molecule has 138 valence electrons. The number of aromatic nitrogens is 1. The second kappa shape index (κ2) is 10.0. The fourth-order valence-electron chi connectivity index (χ4n) is 2.80. The lowest BCUT2D eigenvalue weighted by atomic mass is 9.95. The third kappa shape index (κ3) is 5.35. The van der Waals surface area contributed by atoms with Crippen molar-refractivity contribution in [2.45, 2.75) is 19.4 Å². The number of hydrogen-bond donors (Lipinski definition) is 2. The maximum absolute atomic E-state index is 12.1. The molecule has 1 amide bonds. The van der Waals surface area contributed by atoms with Gasteiger partial charge in [-0.25, -0.2) is 0 Å². The number of ether oxygens (including phenoxy) is 1. The molecule has 1 aromatic carbocycles. The van der Waals surface area contributed by atoms with Crippen LogP contribution in [0.3, 0.4) is 0 Å². The minimum atomic E-state index is -0.121. The molecule has 8 heteroatoms. The van der Waals surface area contributed by atoms with Gasteiger partial charge in [-0.1, -0.05) is 18.5 Å². The van der Waals surface area contributed by atoms with Crippen molar-refractivity contribution in [2.75, 3.05) is 19.7 Å². The van der Waals surface area contributed by atoms with Gasteiger partial charge < -0.3 is 15.4 Å². The van der Waals surface area contributed by atoms with Gasteiger partial charge in [-0.05, 0) is 43.1 Å². The highest BCUT2D eigenvalue weighted by Gasteiger charge is 2.22. The van der Waals surface area contributed by atoms with Gasteiger partial charge in [-0.3, -0.25) is 9.78 Å². The normalized spacial score (nSPS) is 19.4. The highest BCUT2D eigenvalue weighted by Crippen LogP contribution is 2.29. The van der Waals surface area contributed by atoms with Crippen LogP contribution in [0, 0.1) is 5.92 Å². The molecular weight excluding hydrogens is 385 g/mol. The Morgan fingerprint density at radius 1 is 1.40 bits per heavy atom. The zero-order chi connectivity index (χ0) is 16.2. The quantitative estimate of drug-likeness (QED) is 0.818. The third-order valence-corrected chi connectivity index (χ3v) is 4.54. The van der Waals surface area contributed by atoms with Crippen LogP contribution in [-0.2, 0) is 4.79 Å². The largest absolute Gasteiger partial charge is 0.481 e. The molecule has 0 radical (unpaired) electrons. The number of rotatable bonds is 4. The Bertz CT molecular complexity index is 715. The van der Waals surface area contributed by atoms with Crippen LogP contribution in [0.1, 0.15) is 13.3 Å². The Kier molecular flexibility index (Phi) is 8.73. The van der Waals surface area contributed by atoms with Crippen molar-refractivity contribution < 1.29 is 9.53 Å². The fraction of sp³-hybridized carbons (Fsp3) is 0.412. The second-order valence-corrected chi connectivity index (χ2v) is 6.29. The van der Waals surface area contributed by atoms with Crippen molar-refractivity contribution in [3.05, 3.63) is 35.5 Å². The SMILES string of the molecule is CC1CCNCC1NC(=O)COc1ccc(Cl)c2cccnc12.Cl.Cl. The van der Waals surface area contributed by atoms with E-state index in [2.05, 4.69) is 22.5 Å². The molecule has 0 saturated carbocycles. The Balaban J connectivity index is 0.00000156. The highest BCUT2D eigenvalue weighted by atomic mass is 35.5. The molecule has 2 N–H and O–H groups in total. The summed E-state index contributed by atoms with van der Waals surface area (Å²) in [6.45, 7) is 3.94. The Morgan fingerprint density at radius 3 is 2.96 bits per heavy atom. The van der Waals surface area contributed by atoms with Gasteiger partial charge in [0.1, 0.15) is 11.3 Å². The van der Waals surface area contributed by atoms with Gasteiger partial charge in [0.15, 0.2) is 6.61 Å². The maximum atomic E-state index is 12.1. The van der Waals surface area contributed by atoms with Gasteiger partial charge >= 0.3 is 0 Å². The molecule has 1 aliphatic rings. The zero-order valence-corrected chi connectivity index (χ0v) is 16.2. The summed E-state index contributed by atoms with van der Waals surface area (Å²) < 4.78 is 5.66. The summed E-state index contributed by atoms with van der Waals surface area (Å²) in [5.74, 6) is 0.915. The van der Waals surface area contributed by atoms with Crippen LogP contribution in [0.15, 0.2) is 30.5 Å². The first-order valence-electron chi connectivity index (χ1n) is 7.81. The van der Waals surface area contributed by atoms with Gasteiger partial charge in [-0.2, -0.15) is 0 Å². The van der Waals surface area contributed by atoms with Crippen LogP contribution in [0.4, 0.5) is 0 Å². The van der Waals surface area contributed by atoms with Crippen molar-refractivity contribution in [1.29, 1.82) is 0 Å². The summed E-state index contributed by atoms with van der Waals surface area (Å²) in [5, 5.41) is 7.75. The number of carbonyl (C=O) groups excluding carboxylic acids is 1. The predicted octanol–water partition coefficient (Wildman–Crippen LogP) is 3.22. The number of amides is 1. The molecule has 2 atom stereocenters. The first kappa shape index (κ1) is 21.8. The first-order chi connectivity index (χ1) is 11.1. The van der Waals surface area contributed by atoms with Crippen LogP contribution >= 0.6 is 36.4 Å². The van der Waals surface area contributed by atoms with Crippen molar-refractivity contribution in [1.82, 2.24) is 15.6 Å². The van der Waals surface area contributed by atoms with Gasteiger partial charge in [0.25, 0.3) is 5.91 Å². The summed E-state index contributed by atoms with van der Waals surface area (Å²) in [6.07, 6.45) is 2.75. The number of carbonyl (C=O) groups is 1. The fourth-order valence-corrected chi connectivity index (χ4v) is 3.02.